The summed E-state index contributed by atoms with van der Waals surface area (Å²) in [7, 11) is 0. The van der Waals surface area contributed by atoms with Gasteiger partial charge in [-0.1, -0.05) is 26.8 Å². The fourth-order valence-electron chi connectivity index (χ4n) is 1.22. The van der Waals surface area contributed by atoms with Crippen molar-refractivity contribution in [3.8, 4) is 0 Å². The van der Waals surface area contributed by atoms with Gasteiger partial charge < -0.3 is 5.32 Å². The van der Waals surface area contributed by atoms with Gasteiger partial charge in [0.25, 0.3) is 0 Å². The number of rotatable bonds is 3. The average molecular weight is 225 g/mol. The normalized spacial score (nSPS) is 13.6. The van der Waals surface area contributed by atoms with E-state index in [1.54, 1.807) is 11.3 Å². The molecule has 0 radical (unpaired) electrons. The summed E-state index contributed by atoms with van der Waals surface area (Å²) in [4.78, 5) is 13.0. The standard InChI is InChI=1S/C12H19NOS/c1-9(8-10-6-5-7-15-10)13-11(14)12(2,3)4/h5-7,9H,8H2,1-4H3,(H,13,14). The van der Waals surface area contributed by atoms with Crippen LogP contribution in [0.15, 0.2) is 17.5 Å². The average Bonchev–Trinajstić information content (AvgIpc) is 2.54. The maximum absolute atomic E-state index is 11.7. The molecule has 0 bridgehead atoms. The van der Waals surface area contributed by atoms with Gasteiger partial charge in [0.05, 0.1) is 0 Å². The van der Waals surface area contributed by atoms with Gasteiger partial charge in [-0.05, 0) is 18.4 Å². The Bertz CT molecular complexity index is 311. The van der Waals surface area contributed by atoms with Crippen LogP contribution >= 0.6 is 11.3 Å². The van der Waals surface area contributed by atoms with Crippen molar-refractivity contribution in [1.29, 1.82) is 0 Å². The third-order valence-corrected chi connectivity index (χ3v) is 3.04. The van der Waals surface area contributed by atoms with Crippen LogP contribution in [0.1, 0.15) is 32.6 Å². The Balaban J connectivity index is 2.43. The largest absolute Gasteiger partial charge is 0.353 e. The van der Waals surface area contributed by atoms with E-state index in [0.29, 0.717) is 0 Å². The maximum Gasteiger partial charge on any atom is 0.225 e. The van der Waals surface area contributed by atoms with E-state index in [1.165, 1.54) is 4.88 Å². The maximum atomic E-state index is 11.7. The fraction of sp³-hybridized carbons (Fsp3) is 0.583. The van der Waals surface area contributed by atoms with Gasteiger partial charge in [-0.2, -0.15) is 0 Å². The highest BCUT2D eigenvalue weighted by Gasteiger charge is 2.22. The summed E-state index contributed by atoms with van der Waals surface area (Å²) in [6.07, 6.45) is 0.916. The number of thiophene rings is 1. The van der Waals surface area contributed by atoms with Crippen molar-refractivity contribution in [2.45, 2.75) is 40.2 Å². The number of nitrogens with one attached hydrogen (secondary N) is 1. The Hall–Kier alpha value is -0.830. The molecule has 1 unspecified atom stereocenters. The number of hydrogen-bond acceptors (Lipinski definition) is 2. The van der Waals surface area contributed by atoms with Crippen LogP contribution in [0, 0.1) is 5.41 Å². The smallest absolute Gasteiger partial charge is 0.225 e. The van der Waals surface area contributed by atoms with Crippen LogP contribution in [-0.4, -0.2) is 11.9 Å². The first-order valence-corrected chi connectivity index (χ1v) is 6.11. The van der Waals surface area contributed by atoms with Crippen LogP contribution < -0.4 is 5.32 Å². The molecule has 0 aliphatic rings. The monoisotopic (exact) mass is 225 g/mol. The van der Waals surface area contributed by atoms with E-state index in [1.807, 2.05) is 33.8 Å². The van der Waals surface area contributed by atoms with Crippen molar-refractivity contribution in [3.63, 3.8) is 0 Å². The van der Waals surface area contributed by atoms with Crippen LogP contribution in [0.4, 0.5) is 0 Å². The van der Waals surface area contributed by atoms with Gasteiger partial charge in [-0.3, -0.25) is 4.79 Å². The molecule has 1 aromatic rings. The molecule has 0 aromatic carbocycles. The second-order valence-electron chi connectivity index (χ2n) is 4.91. The highest BCUT2D eigenvalue weighted by Crippen LogP contribution is 2.15. The zero-order valence-electron chi connectivity index (χ0n) is 9.83. The van der Waals surface area contributed by atoms with Crippen molar-refractivity contribution in [1.82, 2.24) is 5.32 Å². The molecule has 0 fully saturated rings. The number of amides is 1. The Morgan fingerprint density at radius 1 is 1.53 bits per heavy atom. The molecular weight excluding hydrogens is 206 g/mol. The molecule has 0 saturated heterocycles. The lowest BCUT2D eigenvalue weighted by atomic mass is 9.95. The van der Waals surface area contributed by atoms with E-state index < -0.39 is 0 Å². The van der Waals surface area contributed by atoms with Gasteiger partial charge in [0.1, 0.15) is 0 Å². The van der Waals surface area contributed by atoms with E-state index >= 15 is 0 Å². The lowest BCUT2D eigenvalue weighted by Gasteiger charge is -2.21. The Labute approximate surface area is 95.7 Å². The third kappa shape index (κ3) is 4.04. The summed E-state index contributed by atoms with van der Waals surface area (Å²) in [5.74, 6) is 0.117. The van der Waals surface area contributed by atoms with Crippen molar-refractivity contribution < 1.29 is 4.79 Å². The molecule has 1 rings (SSSR count). The van der Waals surface area contributed by atoms with Crippen LogP contribution in [0.3, 0.4) is 0 Å². The van der Waals surface area contributed by atoms with Crippen molar-refractivity contribution in [2.75, 3.05) is 0 Å². The van der Waals surface area contributed by atoms with E-state index in [4.69, 9.17) is 0 Å². The minimum absolute atomic E-state index is 0.117. The Morgan fingerprint density at radius 3 is 2.67 bits per heavy atom. The molecule has 3 heteroatoms. The number of hydrogen-bond donors (Lipinski definition) is 1. The highest BCUT2D eigenvalue weighted by atomic mass is 32.1. The van der Waals surface area contributed by atoms with Gasteiger partial charge in [0, 0.05) is 22.8 Å². The zero-order chi connectivity index (χ0) is 11.5. The van der Waals surface area contributed by atoms with Crippen LogP contribution in [0.2, 0.25) is 0 Å². The predicted octanol–water partition coefficient (Wildman–Crippen LogP) is 2.84. The molecule has 0 aliphatic carbocycles. The summed E-state index contributed by atoms with van der Waals surface area (Å²) in [6.45, 7) is 7.84. The third-order valence-electron chi connectivity index (χ3n) is 2.15. The number of carbonyl (C=O) groups excluding carboxylic acids is 1. The molecule has 1 N–H and O–H groups in total. The molecule has 1 atom stereocenters. The number of carbonyl (C=O) groups is 1. The van der Waals surface area contributed by atoms with Gasteiger partial charge in [0.2, 0.25) is 5.91 Å². The molecule has 84 valence electrons. The van der Waals surface area contributed by atoms with E-state index in [0.717, 1.165) is 6.42 Å². The van der Waals surface area contributed by atoms with E-state index in [-0.39, 0.29) is 17.4 Å². The lowest BCUT2D eigenvalue weighted by Crippen LogP contribution is -2.41. The molecule has 1 heterocycles. The molecule has 0 spiro atoms. The highest BCUT2D eigenvalue weighted by molar-refractivity contribution is 7.09. The van der Waals surface area contributed by atoms with E-state index in [2.05, 4.69) is 16.8 Å². The Morgan fingerprint density at radius 2 is 2.20 bits per heavy atom. The minimum atomic E-state index is -0.302. The predicted molar refractivity (Wildman–Crippen MR) is 65.1 cm³/mol. The molecule has 2 nitrogen and oxygen atoms in total. The lowest BCUT2D eigenvalue weighted by molar-refractivity contribution is -0.129. The van der Waals surface area contributed by atoms with Gasteiger partial charge >= 0.3 is 0 Å². The fourth-order valence-corrected chi connectivity index (χ4v) is 2.06. The quantitative estimate of drug-likeness (QED) is 0.842. The van der Waals surface area contributed by atoms with Crippen LogP contribution in [-0.2, 0) is 11.2 Å². The first-order chi connectivity index (χ1) is 6.89. The first kappa shape index (κ1) is 12.2. The molecule has 0 saturated carbocycles. The summed E-state index contributed by atoms with van der Waals surface area (Å²) >= 11 is 1.73. The summed E-state index contributed by atoms with van der Waals surface area (Å²) in [5, 5.41) is 5.09. The van der Waals surface area contributed by atoms with E-state index in [9.17, 15) is 4.79 Å². The summed E-state index contributed by atoms with van der Waals surface area (Å²) in [6, 6.07) is 4.35. The van der Waals surface area contributed by atoms with Crippen molar-refractivity contribution >= 4 is 17.2 Å². The Kier molecular flexibility index (Phi) is 3.91. The van der Waals surface area contributed by atoms with Gasteiger partial charge in [0.15, 0.2) is 0 Å². The minimum Gasteiger partial charge on any atom is -0.353 e. The van der Waals surface area contributed by atoms with Crippen LogP contribution in [0.25, 0.3) is 0 Å². The molecule has 0 aliphatic heterocycles. The molecular formula is C12H19NOS. The summed E-state index contributed by atoms with van der Waals surface area (Å²) < 4.78 is 0. The van der Waals surface area contributed by atoms with Crippen molar-refractivity contribution in [2.24, 2.45) is 5.41 Å². The molecule has 1 aromatic heterocycles. The molecule has 1 amide bonds. The zero-order valence-corrected chi connectivity index (χ0v) is 10.6. The van der Waals surface area contributed by atoms with Gasteiger partial charge in [-0.25, -0.2) is 0 Å². The van der Waals surface area contributed by atoms with Crippen molar-refractivity contribution in [3.05, 3.63) is 22.4 Å². The van der Waals surface area contributed by atoms with Gasteiger partial charge in [-0.15, -0.1) is 11.3 Å². The SMILES string of the molecule is CC(Cc1cccs1)NC(=O)C(C)(C)C. The molecule has 15 heavy (non-hydrogen) atoms. The second kappa shape index (κ2) is 4.79. The first-order valence-electron chi connectivity index (χ1n) is 5.23. The summed E-state index contributed by atoms with van der Waals surface area (Å²) in [5.41, 5.74) is -0.302. The van der Waals surface area contributed by atoms with Crippen LogP contribution in [0.5, 0.6) is 0 Å². The second-order valence-corrected chi connectivity index (χ2v) is 5.94. The topological polar surface area (TPSA) is 29.1 Å².